The molecule has 1 fully saturated rings. The Hall–Kier alpha value is -1.84. The van der Waals surface area contributed by atoms with Crippen molar-refractivity contribution in [3.63, 3.8) is 0 Å². The molecule has 4 nitrogen and oxygen atoms in total. The van der Waals surface area contributed by atoms with Gasteiger partial charge in [-0.15, -0.1) is 0 Å². The summed E-state index contributed by atoms with van der Waals surface area (Å²) in [6, 6.07) is 3.55. The first-order valence-electron chi connectivity index (χ1n) is 6.53. The molecule has 1 amide bonds. The van der Waals surface area contributed by atoms with Crippen LogP contribution in [0.25, 0.3) is 0 Å². The van der Waals surface area contributed by atoms with Crippen molar-refractivity contribution in [2.45, 2.75) is 26.7 Å². The zero-order valence-electron chi connectivity index (χ0n) is 11.7. The van der Waals surface area contributed by atoms with Gasteiger partial charge >= 0.3 is 0 Å². The largest absolute Gasteiger partial charge is 0.496 e. The summed E-state index contributed by atoms with van der Waals surface area (Å²) in [7, 11) is 1.52. The summed E-state index contributed by atoms with van der Waals surface area (Å²) in [6.07, 6.45) is 1.95. The molecule has 19 heavy (non-hydrogen) atoms. The Kier molecular flexibility index (Phi) is 3.88. The lowest BCUT2D eigenvalue weighted by atomic mass is 10.0. The summed E-state index contributed by atoms with van der Waals surface area (Å²) >= 11 is 0. The maximum Gasteiger partial charge on any atom is 0.295 e. The molecule has 0 radical (unpaired) electrons. The highest BCUT2D eigenvalue weighted by atomic mass is 16.5. The third kappa shape index (κ3) is 2.62. The Morgan fingerprint density at radius 1 is 1.11 bits per heavy atom. The van der Waals surface area contributed by atoms with Gasteiger partial charge in [-0.2, -0.15) is 0 Å². The average molecular weight is 261 g/mol. The van der Waals surface area contributed by atoms with Crippen molar-refractivity contribution in [1.82, 2.24) is 4.90 Å². The number of ketones is 1. The second-order valence-electron chi connectivity index (χ2n) is 4.97. The standard InChI is InChI=1S/C15H19NO3/c1-10-8-12(13(19-3)9-11(10)2)14(17)15(18)16-6-4-5-7-16/h8-9H,4-7H2,1-3H3. The second kappa shape index (κ2) is 5.43. The molecule has 0 unspecified atom stereocenters. The molecule has 2 rings (SSSR count). The number of methoxy groups -OCH3 is 1. The molecule has 0 aromatic heterocycles. The van der Waals surface area contributed by atoms with Gasteiger partial charge < -0.3 is 9.64 Å². The van der Waals surface area contributed by atoms with E-state index < -0.39 is 11.7 Å². The zero-order chi connectivity index (χ0) is 14.0. The Labute approximate surface area is 113 Å². The first-order valence-corrected chi connectivity index (χ1v) is 6.53. The third-order valence-electron chi connectivity index (χ3n) is 3.65. The molecular formula is C15H19NO3. The smallest absolute Gasteiger partial charge is 0.295 e. The molecule has 102 valence electrons. The monoisotopic (exact) mass is 261 g/mol. The van der Waals surface area contributed by atoms with E-state index in [9.17, 15) is 9.59 Å². The van der Waals surface area contributed by atoms with E-state index in [1.54, 1.807) is 17.0 Å². The van der Waals surface area contributed by atoms with Gasteiger partial charge in [0.2, 0.25) is 0 Å². The molecule has 1 heterocycles. The summed E-state index contributed by atoms with van der Waals surface area (Å²) in [4.78, 5) is 26.1. The van der Waals surface area contributed by atoms with Crippen molar-refractivity contribution >= 4 is 11.7 Å². The van der Waals surface area contributed by atoms with Crippen LogP contribution in [0.4, 0.5) is 0 Å². The number of hydrogen-bond donors (Lipinski definition) is 0. The van der Waals surface area contributed by atoms with E-state index in [2.05, 4.69) is 0 Å². The fraction of sp³-hybridized carbons (Fsp3) is 0.467. The number of nitrogens with zero attached hydrogens (tertiary/aromatic N) is 1. The predicted octanol–water partition coefficient (Wildman–Crippen LogP) is 2.12. The Morgan fingerprint density at radius 2 is 1.68 bits per heavy atom. The van der Waals surface area contributed by atoms with Gasteiger partial charge in [0.25, 0.3) is 11.7 Å². The van der Waals surface area contributed by atoms with Crippen LogP contribution in [-0.4, -0.2) is 36.8 Å². The number of likely N-dealkylation sites (tertiary alicyclic amines) is 1. The molecule has 0 aliphatic carbocycles. The maximum absolute atomic E-state index is 12.3. The van der Waals surface area contributed by atoms with E-state index in [1.807, 2.05) is 13.8 Å². The molecule has 1 saturated heterocycles. The number of aryl methyl sites for hydroxylation is 2. The molecule has 0 bridgehead atoms. The summed E-state index contributed by atoms with van der Waals surface area (Å²) in [5.74, 6) is -0.415. The van der Waals surface area contributed by atoms with Crippen molar-refractivity contribution < 1.29 is 14.3 Å². The topological polar surface area (TPSA) is 46.6 Å². The van der Waals surface area contributed by atoms with Crippen LogP contribution in [0.5, 0.6) is 5.75 Å². The van der Waals surface area contributed by atoms with E-state index in [0.717, 1.165) is 24.0 Å². The quantitative estimate of drug-likeness (QED) is 0.618. The van der Waals surface area contributed by atoms with Crippen LogP contribution in [0.2, 0.25) is 0 Å². The van der Waals surface area contributed by atoms with Gasteiger partial charge in [0.1, 0.15) is 5.75 Å². The van der Waals surface area contributed by atoms with Crippen LogP contribution in [-0.2, 0) is 4.79 Å². The first-order chi connectivity index (χ1) is 9.04. The average Bonchev–Trinajstić information content (AvgIpc) is 2.93. The molecular weight excluding hydrogens is 242 g/mol. The lowest BCUT2D eigenvalue weighted by Gasteiger charge is -2.16. The number of rotatable bonds is 3. The number of ether oxygens (including phenoxy) is 1. The maximum atomic E-state index is 12.3. The molecule has 0 spiro atoms. The molecule has 1 aromatic carbocycles. The first kappa shape index (κ1) is 13.6. The van der Waals surface area contributed by atoms with Crippen LogP contribution in [0.3, 0.4) is 0 Å². The number of amides is 1. The molecule has 0 atom stereocenters. The minimum atomic E-state index is -0.471. The van der Waals surface area contributed by atoms with E-state index in [4.69, 9.17) is 4.74 Å². The molecule has 1 aromatic rings. The van der Waals surface area contributed by atoms with Crippen molar-refractivity contribution in [2.24, 2.45) is 0 Å². The second-order valence-corrected chi connectivity index (χ2v) is 4.97. The molecule has 1 aliphatic rings. The zero-order valence-corrected chi connectivity index (χ0v) is 11.7. The van der Waals surface area contributed by atoms with Gasteiger partial charge in [-0.05, 0) is 49.9 Å². The van der Waals surface area contributed by atoms with Crippen LogP contribution >= 0.6 is 0 Å². The number of hydrogen-bond acceptors (Lipinski definition) is 3. The lowest BCUT2D eigenvalue weighted by molar-refractivity contribution is -0.125. The fourth-order valence-electron chi connectivity index (χ4n) is 2.32. The van der Waals surface area contributed by atoms with Crippen molar-refractivity contribution in [3.8, 4) is 5.75 Å². The van der Waals surface area contributed by atoms with Gasteiger partial charge in [0.05, 0.1) is 12.7 Å². The Bertz CT molecular complexity index is 516. The Balaban J connectivity index is 2.32. The summed E-state index contributed by atoms with van der Waals surface area (Å²) in [5, 5.41) is 0. The van der Waals surface area contributed by atoms with Gasteiger partial charge in [-0.3, -0.25) is 9.59 Å². The predicted molar refractivity (Wildman–Crippen MR) is 72.6 cm³/mol. The van der Waals surface area contributed by atoms with Crippen LogP contribution in [0, 0.1) is 13.8 Å². The normalized spacial score (nSPS) is 14.6. The van der Waals surface area contributed by atoms with Crippen molar-refractivity contribution in [3.05, 3.63) is 28.8 Å². The minimum Gasteiger partial charge on any atom is -0.496 e. The Morgan fingerprint density at radius 3 is 2.26 bits per heavy atom. The molecule has 0 saturated carbocycles. The van der Waals surface area contributed by atoms with E-state index in [0.29, 0.717) is 24.4 Å². The number of carbonyl (C=O) groups excluding carboxylic acids is 2. The highest BCUT2D eigenvalue weighted by Gasteiger charge is 2.27. The molecule has 0 N–H and O–H groups in total. The number of Topliss-reactive ketones (excluding diaryl/α,β-unsaturated/α-hetero) is 1. The summed E-state index contributed by atoms with van der Waals surface area (Å²) in [5.41, 5.74) is 2.39. The van der Waals surface area contributed by atoms with Crippen LogP contribution in [0.15, 0.2) is 12.1 Å². The highest BCUT2D eigenvalue weighted by molar-refractivity contribution is 6.43. The lowest BCUT2D eigenvalue weighted by Crippen LogP contribution is -2.34. The van der Waals surface area contributed by atoms with Crippen molar-refractivity contribution in [2.75, 3.05) is 20.2 Å². The SMILES string of the molecule is COc1cc(C)c(C)cc1C(=O)C(=O)N1CCCC1. The fourth-order valence-corrected chi connectivity index (χ4v) is 2.32. The van der Waals surface area contributed by atoms with Gasteiger partial charge in [-0.1, -0.05) is 0 Å². The van der Waals surface area contributed by atoms with Gasteiger partial charge in [0.15, 0.2) is 0 Å². The number of benzene rings is 1. The van der Waals surface area contributed by atoms with Crippen LogP contribution < -0.4 is 4.74 Å². The van der Waals surface area contributed by atoms with E-state index in [1.165, 1.54) is 7.11 Å². The molecule has 1 aliphatic heterocycles. The molecule has 4 heteroatoms. The van der Waals surface area contributed by atoms with Crippen LogP contribution in [0.1, 0.15) is 34.3 Å². The summed E-state index contributed by atoms with van der Waals surface area (Å²) < 4.78 is 5.22. The highest BCUT2D eigenvalue weighted by Crippen LogP contribution is 2.24. The minimum absolute atomic E-state index is 0.363. The van der Waals surface area contributed by atoms with Gasteiger partial charge in [-0.25, -0.2) is 0 Å². The van der Waals surface area contributed by atoms with Crippen molar-refractivity contribution in [1.29, 1.82) is 0 Å². The summed E-state index contributed by atoms with van der Waals surface area (Å²) in [6.45, 7) is 5.23. The van der Waals surface area contributed by atoms with E-state index in [-0.39, 0.29) is 0 Å². The number of carbonyl (C=O) groups is 2. The van der Waals surface area contributed by atoms with E-state index >= 15 is 0 Å². The third-order valence-corrected chi connectivity index (χ3v) is 3.65. The van der Waals surface area contributed by atoms with Gasteiger partial charge in [0, 0.05) is 13.1 Å².